The van der Waals surface area contributed by atoms with Crippen molar-refractivity contribution in [2.24, 2.45) is 5.10 Å². The number of aryl methyl sites for hydroxylation is 1. The van der Waals surface area contributed by atoms with Gasteiger partial charge in [-0.2, -0.15) is 5.10 Å². The highest BCUT2D eigenvalue weighted by molar-refractivity contribution is 6.39. The molecule has 0 atom stereocenters. The third kappa shape index (κ3) is 5.52. The standard InChI is InChI=1S/C27H26N4O5/c1-4-17-9-11-18(12-10-17)28-26(33)27(34)31-30-16(2)13-25(32)29-21-15-23-20(14-24(21)35-3)19-7-5-6-8-22(19)36-23/h5-12,14-15H,4,13H2,1-3H3,(H,28,33)(H,29,32)(H,31,34)/b30-16+. The summed E-state index contributed by atoms with van der Waals surface area (Å²) in [6.07, 6.45) is 0.763. The van der Waals surface area contributed by atoms with Crippen LogP contribution in [0.2, 0.25) is 0 Å². The summed E-state index contributed by atoms with van der Waals surface area (Å²) in [5, 5.41) is 11.0. The van der Waals surface area contributed by atoms with E-state index in [1.54, 1.807) is 25.1 Å². The number of furan rings is 1. The van der Waals surface area contributed by atoms with Gasteiger partial charge in [0, 0.05) is 28.2 Å². The largest absolute Gasteiger partial charge is 0.495 e. The number of hydrogen-bond acceptors (Lipinski definition) is 6. The zero-order valence-electron chi connectivity index (χ0n) is 20.2. The Morgan fingerprint density at radius 3 is 2.39 bits per heavy atom. The van der Waals surface area contributed by atoms with E-state index in [-0.39, 0.29) is 12.3 Å². The molecular weight excluding hydrogens is 460 g/mol. The maximum absolute atomic E-state index is 12.6. The predicted molar refractivity (Wildman–Crippen MR) is 139 cm³/mol. The molecule has 0 spiro atoms. The zero-order valence-corrected chi connectivity index (χ0v) is 20.2. The Hall–Kier alpha value is -4.66. The minimum absolute atomic E-state index is 0.109. The maximum Gasteiger partial charge on any atom is 0.329 e. The van der Waals surface area contributed by atoms with Crippen molar-refractivity contribution in [3.63, 3.8) is 0 Å². The number of anilines is 2. The van der Waals surface area contributed by atoms with Crippen molar-refractivity contribution in [1.29, 1.82) is 0 Å². The molecule has 0 bridgehead atoms. The molecule has 0 radical (unpaired) electrons. The van der Waals surface area contributed by atoms with Crippen LogP contribution in [0, 0.1) is 0 Å². The van der Waals surface area contributed by atoms with Crippen molar-refractivity contribution in [3.05, 3.63) is 66.2 Å². The van der Waals surface area contributed by atoms with Gasteiger partial charge < -0.3 is 19.8 Å². The van der Waals surface area contributed by atoms with Gasteiger partial charge in [0.25, 0.3) is 0 Å². The fourth-order valence-electron chi connectivity index (χ4n) is 3.69. The molecule has 0 fully saturated rings. The van der Waals surface area contributed by atoms with Crippen molar-refractivity contribution in [2.45, 2.75) is 26.7 Å². The Morgan fingerprint density at radius 1 is 0.917 bits per heavy atom. The second-order valence-electron chi connectivity index (χ2n) is 8.16. The third-order valence-corrected chi connectivity index (χ3v) is 5.56. The Labute approximate surface area is 207 Å². The van der Waals surface area contributed by atoms with Crippen LogP contribution in [0.3, 0.4) is 0 Å². The van der Waals surface area contributed by atoms with Crippen molar-refractivity contribution >= 4 is 56.7 Å². The molecule has 0 saturated carbocycles. The number of amides is 3. The molecule has 3 N–H and O–H groups in total. The van der Waals surface area contributed by atoms with Gasteiger partial charge in [-0.3, -0.25) is 14.4 Å². The van der Waals surface area contributed by atoms with Gasteiger partial charge in [-0.25, -0.2) is 5.43 Å². The van der Waals surface area contributed by atoms with E-state index < -0.39 is 11.8 Å². The van der Waals surface area contributed by atoms with Gasteiger partial charge in [0.2, 0.25) is 5.91 Å². The van der Waals surface area contributed by atoms with E-state index >= 15 is 0 Å². The lowest BCUT2D eigenvalue weighted by Gasteiger charge is -2.10. The predicted octanol–water partition coefficient (Wildman–Crippen LogP) is 4.62. The fourth-order valence-corrected chi connectivity index (χ4v) is 3.69. The molecule has 0 unspecified atom stereocenters. The number of fused-ring (bicyclic) bond motifs is 3. The fraction of sp³-hybridized carbons (Fsp3) is 0.185. The van der Waals surface area contributed by atoms with E-state index in [1.807, 2.05) is 49.4 Å². The lowest BCUT2D eigenvalue weighted by Crippen LogP contribution is -2.33. The van der Waals surface area contributed by atoms with Gasteiger partial charge >= 0.3 is 11.8 Å². The number of nitrogens with zero attached hydrogens (tertiary/aromatic N) is 1. The SMILES string of the molecule is CCc1ccc(NC(=O)C(=O)N/N=C(\C)CC(=O)Nc2cc3oc4ccccc4c3cc2OC)cc1. The highest BCUT2D eigenvalue weighted by atomic mass is 16.5. The lowest BCUT2D eigenvalue weighted by molar-refractivity contribution is -0.136. The van der Waals surface area contributed by atoms with Crippen LogP contribution in [-0.4, -0.2) is 30.5 Å². The highest BCUT2D eigenvalue weighted by Gasteiger charge is 2.16. The number of hydrazone groups is 1. The van der Waals surface area contributed by atoms with Crippen molar-refractivity contribution < 1.29 is 23.5 Å². The first kappa shape index (κ1) is 24.5. The van der Waals surface area contributed by atoms with Crippen LogP contribution >= 0.6 is 0 Å². The van der Waals surface area contributed by atoms with Crippen molar-refractivity contribution in [3.8, 4) is 5.75 Å². The monoisotopic (exact) mass is 486 g/mol. The lowest BCUT2D eigenvalue weighted by atomic mass is 10.1. The molecule has 36 heavy (non-hydrogen) atoms. The topological polar surface area (TPSA) is 122 Å². The smallest absolute Gasteiger partial charge is 0.329 e. The van der Waals surface area contributed by atoms with Crippen molar-refractivity contribution in [1.82, 2.24) is 5.43 Å². The van der Waals surface area contributed by atoms with Gasteiger partial charge in [-0.1, -0.05) is 37.3 Å². The Bertz CT molecular complexity index is 1470. The molecular formula is C27H26N4O5. The minimum Gasteiger partial charge on any atom is -0.495 e. The first-order valence-corrected chi connectivity index (χ1v) is 11.4. The molecule has 3 amide bonds. The van der Waals surface area contributed by atoms with Crippen LogP contribution < -0.4 is 20.8 Å². The Morgan fingerprint density at radius 2 is 1.67 bits per heavy atom. The Kier molecular flexibility index (Phi) is 7.29. The summed E-state index contributed by atoms with van der Waals surface area (Å²) in [5.74, 6) is -1.69. The molecule has 9 nitrogen and oxygen atoms in total. The first-order valence-electron chi connectivity index (χ1n) is 11.4. The van der Waals surface area contributed by atoms with Crippen LogP contribution in [-0.2, 0) is 20.8 Å². The van der Waals surface area contributed by atoms with Crippen LogP contribution in [0.1, 0.15) is 25.8 Å². The summed E-state index contributed by atoms with van der Waals surface area (Å²) in [5.41, 5.74) is 5.89. The molecule has 184 valence electrons. The number of carbonyl (C=O) groups is 3. The van der Waals surface area contributed by atoms with E-state index in [9.17, 15) is 14.4 Å². The first-order chi connectivity index (χ1) is 17.4. The number of hydrogen-bond donors (Lipinski definition) is 3. The molecule has 9 heteroatoms. The molecule has 0 aliphatic heterocycles. The normalized spacial score (nSPS) is 11.4. The van der Waals surface area contributed by atoms with Crippen LogP contribution in [0.15, 0.2) is 70.2 Å². The summed E-state index contributed by atoms with van der Waals surface area (Å²) in [7, 11) is 1.52. The third-order valence-electron chi connectivity index (χ3n) is 5.56. The summed E-state index contributed by atoms with van der Waals surface area (Å²) in [6.45, 7) is 3.60. The average Bonchev–Trinajstić information content (AvgIpc) is 3.24. The van der Waals surface area contributed by atoms with Crippen LogP contribution in [0.5, 0.6) is 5.75 Å². The second-order valence-corrected chi connectivity index (χ2v) is 8.16. The molecule has 0 aliphatic carbocycles. The number of benzene rings is 3. The van der Waals surface area contributed by atoms with E-state index in [2.05, 4.69) is 21.2 Å². The molecule has 1 heterocycles. The molecule has 4 aromatic rings. The summed E-state index contributed by atoms with van der Waals surface area (Å²) >= 11 is 0. The number of rotatable bonds is 7. The van der Waals surface area contributed by atoms with Gasteiger partial charge in [0.1, 0.15) is 16.9 Å². The highest BCUT2D eigenvalue weighted by Crippen LogP contribution is 2.36. The number of nitrogens with one attached hydrogen (secondary N) is 3. The van der Waals surface area contributed by atoms with E-state index in [1.165, 1.54) is 7.11 Å². The van der Waals surface area contributed by atoms with Gasteiger partial charge in [-0.05, 0) is 43.2 Å². The molecule has 4 rings (SSSR count). The van der Waals surface area contributed by atoms with Gasteiger partial charge in [0.05, 0.1) is 19.2 Å². The minimum atomic E-state index is -0.939. The summed E-state index contributed by atoms with van der Waals surface area (Å²) in [6, 6.07) is 18.3. The number of methoxy groups -OCH3 is 1. The average molecular weight is 487 g/mol. The van der Waals surface area contributed by atoms with Crippen LogP contribution in [0.25, 0.3) is 21.9 Å². The van der Waals surface area contributed by atoms with Crippen LogP contribution in [0.4, 0.5) is 11.4 Å². The molecule has 0 aliphatic rings. The maximum atomic E-state index is 12.6. The Balaban J connectivity index is 1.36. The van der Waals surface area contributed by atoms with E-state index in [4.69, 9.17) is 9.15 Å². The zero-order chi connectivity index (χ0) is 25.7. The quantitative estimate of drug-likeness (QED) is 0.200. The number of carbonyl (C=O) groups excluding carboxylic acids is 3. The second kappa shape index (κ2) is 10.7. The van der Waals surface area contributed by atoms with E-state index in [0.29, 0.717) is 28.4 Å². The summed E-state index contributed by atoms with van der Waals surface area (Å²) in [4.78, 5) is 36.8. The van der Waals surface area contributed by atoms with E-state index in [0.717, 1.165) is 28.3 Å². The van der Waals surface area contributed by atoms with Crippen molar-refractivity contribution in [2.75, 3.05) is 17.7 Å². The number of para-hydroxylation sites is 1. The molecule has 1 aromatic heterocycles. The van der Waals surface area contributed by atoms with Gasteiger partial charge in [-0.15, -0.1) is 0 Å². The van der Waals surface area contributed by atoms with Gasteiger partial charge in [0.15, 0.2) is 0 Å². The molecule has 3 aromatic carbocycles. The summed E-state index contributed by atoms with van der Waals surface area (Å²) < 4.78 is 11.3. The molecule has 0 saturated heterocycles. The number of ether oxygens (including phenoxy) is 1.